The van der Waals surface area contributed by atoms with Crippen molar-refractivity contribution < 1.29 is 4.74 Å². The van der Waals surface area contributed by atoms with Crippen LogP contribution in [-0.4, -0.2) is 49.8 Å². The van der Waals surface area contributed by atoms with E-state index in [0.717, 1.165) is 31.7 Å². The molecule has 3 heteroatoms. The van der Waals surface area contributed by atoms with E-state index in [4.69, 9.17) is 4.74 Å². The van der Waals surface area contributed by atoms with E-state index in [-0.39, 0.29) is 0 Å². The fourth-order valence-corrected chi connectivity index (χ4v) is 2.91. The molecule has 0 spiro atoms. The first-order valence-electron chi connectivity index (χ1n) is 5.99. The summed E-state index contributed by atoms with van der Waals surface area (Å²) in [5.41, 5.74) is 0. The standard InChI is InChI=1S/C11H20N2O/c1-2-9(1)11-7-12-4-3-10-8-14-6-5-13(10)11/h9-12H,1-8H2. The summed E-state index contributed by atoms with van der Waals surface area (Å²) in [6.45, 7) is 5.45. The van der Waals surface area contributed by atoms with Gasteiger partial charge in [-0.15, -0.1) is 0 Å². The summed E-state index contributed by atoms with van der Waals surface area (Å²) in [5, 5.41) is 3.58. The highest BCUT2D eigenvalue weighted by atomic mass is 16.5. The zero-order valence-electron chi connectivity index (χ0n) is 8.74. The van der Waals surface area contributed by atoms with Gasteiger partial charge in [-0.2, -0.15) is 0 Å². The minimum absolute atomic E-state index is 0.698. The van der Waals surface area contributed by atoms with Crippen molar-refractivity contribution in [1.82, 2.24) is 10.2 Å². The maximum atomic E-state index is 5.57. The topological polar surface area (TPSA) is 24.5 Å². The number of nitrogens with one attached hydrogen (secondary N) is 1. The smallest absolute Gasteiger partial charge is 0.0623 e. The molecule has 1 saturated carbocycles. The maximum Gasteiger partial charge on any atom is 0.0623 e. The zero-order valence-corrected chi connectivity index (χ0v) is 8.74. The van der Waals surface area contributed by atoms with Crippen molar-refractivity contribution in [3.63, 3.8) is 0 Å². The molecule has 3 fully saturated rings. The second kappa shape index (κ2) is 3.80. The second-order valence-electron chi connectivity index (χ2n) is 4.86. The number of hydrogen-bond acceptors (Lipinski definition) is 3. The number of hydrogen-bond donors (Lipinski definition) is 1. The van der Waals surface area contributed by atoms with Crippen LogP contribution in [0.2, 0.25) is 0 Å². The van der Waals surface area contributed by atoms with Gasteiger partial charge in [-0.25, -0.2) is 0 Å². The van der Waals surface area contributed by atoms with Gasteiger partial charge in [0.1, 0.15) is 0 Å². The fourth-order valence-electron chi connectivity index (χ4n) is 2.91. The lowest BCUT2D eigenvalue weighted by atomic mass is 10.1. The molecule has 0 amide bonds. The molecule has 2 unspecified atom stereocenters. The monoisotopic (exact) mass is 196 g/mol. The SMILES string of the molecule is C1CC2COCCN2C(C2CC2)CN1. The molecule has 80 valence electrons. The van der Waals surface area contributed by atoms with Gasteiger partial charge in [0.15, 0.2) is 0 Å². The normalized spacial score (nSPS) is 40.3. The van der Waals surface area contributed by atoms with Crippen LogP contribution in [0.5, 0.6) is 0 Å². The van der Waals surface area contributed by atoms with E-state index < -0.39 is 0 Å². The molecule has 2 atom stereocenters. The van der Waals surface area contributed by atoms with Gasteiger partial charge in [-0.3, -0.25) is 4.90 Å². The first-order valence-corrected chi connectivity index (χ1v) is 5.99. The molecular weight excluding hydrogens is 176 g/mol. The summed E-state index contributed by atoms with van der Waals surface area (Å²) in [5.74, 6) is 0.987. The van der Waals surface area contributed by atoms with E-state index in [2.05, 4.69) is 10.2 Å². The molecule has 0 radical (unpaired) electrons. The van der Waals surface area contributed by atoms with Crippen molar-refractivity contribution in [2.75, 3.05) is 32.8 Å². The van der Waals surface area contributed by atoms with Crippen LogP contribution < -0.4 is 5.32 Å². The summed E-state index contributed by atoms with van der Waals surface area (Å²) in [7, 11) is 0. The van der Waals surface area contributed by atoms with Gasteiger partial charge in [0, 0.05) is 25.2 Å². The molecule has 0 aromatic rings. The van der Waals surface area contributed by atoms with E-state index >= 15 is 0 Å². The first-order chi connectivity index (χ1) is 6.95. The Bertz CT molecular complexity index is 205. The highest BCUT2D eigenvalue weighted by Gasteiger charge is 2.39. The first kappa shape index (κ1) is 9.13. The minimum atomic E-state index is 0.698. The number of ether oxygens (including phenoxy) is 1. The lowest BCUT2D eigenvalue weighted by molar-refractivity contribution is -0.0284. The number of fused-ring (bicyclic) bond motifs is 1. The Morgan fingerprint density at radius 3 is 3.00 bits per heavy atom. The molecule has 14 heavy (non-hydrogen) atoms. The highest BCUT2D eigenvalue weighted by Crippen LogP contribution is 2.37. The zero-order chi connectivity index (χ0) is 9.38. The summed E-state index contributed by atoms with van der Waals surface area (Å²) in [6.07, 6.45) is 4.18. The largest absolute Gasteiger partial charge is 0.378 e. The lowest BCUT2D eigenvalue weighted by Crippen LogP contribution is -2.52. The third-order valence-electron chi connectivity index (χ3n) is 3.87. The van der Waals surface area contributed by atoms with E-state index in [1.54, 1.807) is 0 Å². The predicted octanol–water partition coefficient (Wildman–Crippen LogP) is 0.459. The number of nitrogens with zero attached hydrogens (tertiary/aromatic N) is 1. The molecule has 1 aliphatic carbocycles. The average Bonchev–Trinajstić information content (AvgIpc) is 3.03. The van der Waals surface area contributed by atoms with Gasteiger partial charge in [-0.1, -0.05) is 0 Å². The van der Waals surface area contributed by atoms with E-state index in [1.807, 2.05) is 0 Å². The van der Waals surface area contributed by atoms with E-state index in [9.17, 15) is 0 Å². The van der Waals surface area contributed by atoms with Crippen molar-refractivity contribution in [2.24, 2.45) is 5.92 Å². The van der Waals surface area contributed by atoms with Gasteiger partial charge in [0.25, 0.3) is 0 Å². The van der Waals surface area contributed by atoms with Crippen LogP contribution in [0.25, 0.3) is 0 Å². The van der Waals surface area contributed by atoms with Gasteiger partial charge in [0.05, 0.1) is 13.2 Å². The molecule has 0 aromatic heterocycles. The van der Waals surface area contributed by atoms with Crippen molar-refractivity contribution >= 4 is 0 Å². The maximum absolute atomic E-state index is 5.57. The molecule has 3 rings (SSSR count). The van der Waals surface area contributed by atoms with Gasteiger partial charge < -0.3 is 10.1 Å². The van der Waals surface area contributed by atoms with Crippen molar-refractivity contribution in [3.8, 4) is 0 Å². The molecule has 0 bridgehead atoms. The predicted molar refractivity (Wildman–Crippen MR) is 55.3 cm³/mol. The fraction of sp³-hybridized carbons (Fsp3) is 1.00. The Morgan fingerprint density at radius 2 is 2.14 bits per heavy atom. The molecule has 3 aliphatic rings. The van der Waals surface area contributed by atoms with E-state index in [1.165, 1.54) is 32.4 Å². The molecule has 2 saturated heterocycles. The van der Waals surface area contributed by atoms with Crippen LogP contribution >= 0.6 is 0 Å². The molecular formula is C11H20N2O. The van der Waals surface area contributed by atoms with Crippen molar-refractivity contribution in [3.05, 3.63) is 0 Å². The summed E-state index contributed by atoms with van der Waals surface area (Å²) in [6, 6.07) is 1.51. The Labute approximate surface area is 85.8 Å². The van der Waals surface area contributed by atoms with Crippen LogP contribution in [0.3, 0.4) is 0 Å². The molecule has 3 nitrogen and oxygen atoms in total. The van der Waals surface area contributed by atoms with Gasteiger partial charge in [0.2, 0.25) is 0 Å². The Kier molecular flexibility index (Phi) is 2.48. The van der Waals surface area contributed by atoms with E-state index in [0.29, 0.717) is 6.04 Å². The van der Waals surface area contributed by atoms with Crippen LogP contribution in [0, 0.1) is 5.92 Å². The Balaban J connectivity index is 1.74. The third-order valence-corrected chi connectivity index (χ3v) is 3.87. The second-order valence-corrected chi connectivity index (χ2v) is 4.86. The van der Waals surface area contributed by atoms with Gasteiger partial charge >= 0.3 is 0 Å². The molecule has 1 N–H and O–H groups in total. The van der Waals surface area contributed by atoms with Crippen molar-refractivity contribution in [2.45, 2.75) is 31.3 Å². The van der Waals surface area contributed by atoms with Crippen LogP contribution in [0.1, 0.15) is 19.3 Å². The summed E-state index contributed by atoms with van der Waals surface area (Å²) >= 11 is 0. The molecule has 2 aliphatic heterocycles. The van der Waals surface area contributed by atoms with Gasteiger partial charge in [-0.05, 0) is 31.7 Å². The lowest BCUT2D eigenvalue weighted by Gasteiger charge is -2.39. The summed E-state index contributed by atoms with van der Waals surface area (Å²) < 4.78 is 5.57. The van der Waals surface area contributed by atoms with Crippen molar-refractivity contribution in [1.29, 1.82) is 0 Å². The third kappa shape index (κ3) is 1.69. The Morgan fingerprint density at radius 1 is 1.21 bits per heavy atom. The average molecular weight is 196 g/mol. The summed E-state index contributed by atoms with van der Waals surface area (Å²) in [4.78, 5) is 2.72. The quantitative estimate of drug-likeness (QED) is 0.659. The minimum Gasteiger partial charge on any atom is -0.378 e. The van der Waals surface area contributed by atoms with Crippen LogP contribution in [0.15, 0.2) is 0 Å². The molecule has 2 heterocycles. The van der Waals surface area contributed by atoms with Crippen LogP contribution in [0.4, 0.5) is 0 Å². The Hall–Kier alpha value is -0.120. The van der Waals surface area contributed by atoms with Crippen LogP contribution in [-0.2, 0) is 4.74 Å². The molecule has 0 aromatic carbocycles. The highest BCUT2D eigenvalue weighted by molar-refractivity contribution is 4.95. The number of morpholine rings is 1. The number of rotatable bonds is 1.